The van der Waals surface area contributed by atoms with Crippen molar-refractivity contribution in [3.63, 3.8) is 0 Å². The SMILES string of the molecule is Cc1ccc(COC(=O)c2ccc(-c3nnnn3C)cc2)cc1. The standard InChI is InChI=1S/C17H16N4O2/c1-12-3-5-13(6-4-12)11-23-17(22)15-9-7-14(8-10-15)16-18-19-20-21(16)2/h3-10H,11H2,1-2H3. The van der Waals surface area contributed by atoms with E-state index in [-0.39, 0.29) is 12.6 Å². The molecule has 3 rings (SSSR count). The third-order valence-electron chi connectivity index (χ3n) is 3.49. The van der Waals surface area contributed by atoms with Crippen molar-refractivity contribution in [2.24, 2.45) is 7.05 Å². The minimum Gasteiger partial charge on any atom is -0.457 e. The van der Waals surface area contributed by atoms with Crippen molar-refractivity contribution in [1.29, 1.82) is 0 Å². The Kier molecular flexibility index (Phi) is 4.14. The second-order valence-corrected chi connectivity index (χ2v) is 5.27. The van der Waals surface area contributed by atoms with E-state index in [1.165, 1.54) is 5.56 Å². The number of aromatic nitrogens is 4. The molecule has 0 bridgehead atoms. The van der Waals surface area contributed by atoms with E-state index in [9.17, 15) is 4.79 Å². The highest BCUT2D eigenvalue weighted by molar-refractivity contribution is 5.89. The molecule has 0 fully saturated rings. The third-order valence-corrected chi connectivity index (χ3v) is 3.49. The van der Waals surface area contributed by atoms with E-state index in [0.29, 0.717) is 11.4 Å². The fraction of sp³-hybridized carbons (Fsp3) is 0.176. The number of hydrogen-bond donors (Lipinski definition) is 0. The summed E-state index contributed by atoms with van der Waals surface area (Å²) in [5.74, 6) is 0.290. The zero-order valence-corrected chi connectivity index (χ0v) is 12.9. The minimum atomic E-state index is -0.354. The van der Waals surface area contributed by atoms with Crippen LogP contribution in [0.2, 0.25) is 0 Å². The molecule has 0 aliphatic heterocycles. The molecule has 0 radical (unpaired) electrons. The van der Waals surface area contributed by atoms with Gasteiger partial charge >= 0.3 is 5.97 Å². The molecule has 0 unspecified atom stereocenters. The molecule has 2 aromatic carbocycles. The van der Waals surface area contributed by atoms with Crippen LogP contribution in [0.15, 0.2) is 48.5 Å². The van der Waals surface area contributed by atoms with Gasteiger partial charge in [-0.2, -0.15) is 0 Å². The van der Waals surface area contributed by atoms with Gasteiger partial charge in [0.25, 0.3) is 0 Å². The van der Waals surface area contributed by atoms with Crippen LogP contribution in [0, 0.1) is 6.92 Å². The van der Waals surface area contributed by atoms with Gasteiger partial charge in [-0.3, -0.25) is 0 Å². The van der Waals surface area contributed by atoms with Crippen molar-refractivity contribution in [2.45, 2.75) is 13.5 Å². The maximum absolute atomic E-state index is 12.1. The largest absolute Gasteiger partial charge is 0.457 e. The lowest BCUT2D eigenvalue weighted by atomic mass is 10.1. The number of carbonyl (C=O) groups is 1. The molecule has 1 heterocycles. The van der Waals surface area contributed by atoms with Gasteiger partial charge in [0, 0.05) is 12.6 Å². The van der Waals surface area contributed by atoms with Crippen LogP contribution in [-0.2, 0) is 18.4 Å². The summed E-state index contributed by atoms with van der Waals surface area (Å²) in [6.07, 6.45) is 0. The maximum atomic E-state index is 12.1. The quantitative estimate of drug-likeness (QED) is 0.693. The van der Waals surface area contributed by atoms with Crippen molar-refractivity contribution in [1.82, 2.24) is 20.2 Å². The van der Waals surface area contributed by atoms with Gasteiger partial charge in [0.15, 0.2) is 5.82 Å². The second-order valence-electron chi connectivity index (χ2n) is 5.27. The summed E-state index contributed by atoms with van der Waals surface area (Å²) < 4.78 is 6.90. The Balaban J connectivity index is 1.66. The third kappa shape index (κ3) is 3.42. The van der Waals surface area contributed by atoms with Crippen LogP contribution in [0.3, 0.4) is 0 Å². The number of hydrogen-bond acceptors (Lipinski definition) is 5. The van der Waals surface area contributed by atoms with E-state index in [1.54, 1.807) is 36.0 Å². The highest BCUT2D eigenvalue weighted by atomic mass is 16.5. The minimum absolute atomic E-state index is 0.258. The first-order valence-electron chi connectivity index (χ1n) is 7.19. The first-order chi connectivity index (χ1) is 11.1. The van der Waals surface area contributed by atoms with Gasteiger partial charge in [-0.15, -0.1) is 5.10 Å². The van der Waals surface area contributed by atoms with E-state index in [2.05, 4.69) is 15.5 Å². The molecule has 3 aromatic rings. The Morgan fingerprint density at radius 1 is 1.09 bits per heavy atom. The van der Waals surface area contributed by atoms with Gasteiger partial charge in [0.1, 0.15) is 6.61 Å². The number of aryl methyl sites for hydroxylation is 2. The summed E-state index contributed by atoms with van der Waals surface area (Å²) in [5, 5.41) is 11.3. The molecule has 0 N–H and O–H groups in total. The average Bonchev–Trinajstić information content (AvgIpc) is 3.00. The van der Waals surface area contributed by atoms with Crippen LogP contribution in [0.5, 0.6) is 0 Å². The molecule has 6 heteroatoms. The molecule has 1 aromatic heterocycles. The van der Waals surface area contributed by atoms with E-state index >= 15 is 0 Å². The molecular weight excluding hydrogens is 292 g/mol. The number of carbonyl (C=O) groups excluding carboxylic acids is 1. The molecule has 6 nitrogen and oxygen atoms in total. The van der Waals surface area contributed by atoms with Crippen LogP contribution < -0.4 is 0 Å². The average molecular weight is 308 g/mol. The lowest BCUT2D eigenvalue weighted by Gasteiger charge is -2.06. The summed E-state index contributed by atoms with van der Waals surface area (Å²) in [6, 6.07) is 14.9. The Hall–Kier alpha value is -3.02. The molecule has 0 amide bonds. The normalized spacial score (nSPS) is 10.5. The number of ether oxygens (including phenoxy) is 1. The van der Waals surface area contributed by atoms with Crippen molar-refractivity contribution in [3.8, 4) is 11.4 Å². The van der Waals surface area contributed by atoms with Gasteiger partial charge in [0.2, 0.25) is 0 Å². The number of esters is 1. The van der Waals surface area contributed by atoms with Crippen LogP contribution in [0.25, 0.3) is 11.4 Å². The van der Waals surface area contributed by atoms with Crippen LogP contribution >= 0.6 is 0 Å². The van der Waals surface area contributed by atoms with Crippen molar-refractivity contribution < 1.29 is 9.53 Å². The maximum Gasteiger partial charge on any atom is 0.338 e. The summed E-state index contributed by atoms with van der Waals surface area (Å²) in [7, 11) is 1.76. The zero-order valence-electron chi connectivity index (χ0n) is 12.9. The molecule has 0 saturated heterocycles. The monoisotopic (exact) mass is 308 g/mol. The molecule has 23 heavy (non-hydrogen) atoms. The van der Waals surface area contributed by atoms with Crippen molar-refractivity contribution >= 4 is 5.97 Å². The first-order valence-corrected chi connectivity index (χ1v) is 7.19. The summed E-state index contributed by atoms with van der Waals surface area (Å²) in [6.45, 7) is 2.28. The first kappa shape index (κ1) is 14.9. The molecule has 0 aliphatic carbocycles. The lowest BCUT2D eigenvalue weighted by molar-refractivity contribution is 0.0473. The van der Waals surface area contributed by atoms with Gasteiger partial charge in [-0.25, -0.2) is 9.48 Å². The van der Waals surface area contributed by atoms with Crippen molar-refractivity contribution in [2.75, 3.05) is 0 Å². The molecule has 0 aliphatic rings. The fourth-order valence-corrected chi connectivity index (χ4v) is 2.15. The summed E-state index contributed by atoms with van der Waals surface area (Å²) >= 11 is 0. The van der Waals surface area contributed by atoms with E-state index in [0.717, 1.165) is 11.1 Å². The Morgan fingerprint density at radius 3 is 2.39 bits per heavy atom. The van der Waals surface area contributed by atoms with Crippen LogP contribution in [0.1, 0.15) is 21.5 Å². The van der Waals surface area contributed by atoms with Gasteiger partial charge in [0.05, 0.1) is 5.56 Å². The molecule has 0 saturated carbocycles. The molecule has 116 valence electrons. The number of benzene rings is 2. The Labute approximate surface area is 133 Å². The van der Waals surface area contributed by atoms with Gasteiger partial charge in [-0.1, -0.05) is 42.0 Å². The van der Waals surface area contributed by atoms with E-state index < -0.39 is 0 Å². The van der Waals surface area contributed by atoms with Crippen molar-refractivity contribution in [3.05, 3.63) is 65.2 Å². The number of rotatable bonds is 4. The predicted molar refractivity (Wildman–Crippen MR) is 84.5 cm³/mol. The van der Waals surface area contributed by atoms with E-state index in [1.807, 2.05) is 31.2 Å². The smallest absolute Gasteiger partial charge is 0.338 e. The fourth-order valence-electron chi connectivity index (χ4n) is 2.15. The number of nitrogens with zero attached hydrogens (tertiary/aromatic N) is 4. The lowest BCUT2D eigenvalue weighted by Crippen LogP contribution is -2.05. The van der Waals surface area contributed by atoms with Crippen LogP contribution in [0.4, 0.5) is 0 Å². The summed E-state index contributed by atoms with van der Waals surface area (Å²) in [5.41, 5.74) is 3.48. The van der Waals surface area contributed by atoms with Gasteiger partial charge < -0.3 is 4.74 Å². The number of tetrazole rings is 1. The predicted octanol–water partition coefficient (Wildman–Crippen LogP) is 2.54. The van der Waals surface area contributed by atoms with Gasteiger partial charge in [-0.05, 0) is 35.0 Å². The topological polar surface area (TPSA) is 69.9 Å². The van der Waals surface area contributed by atoms with E-state index in [4.69, 9.17) is 4.74 Å². The van der Waals surface area contributed by atoms with Crippen LogP contribution in [-0.4, -0.2) is 26.2 Å². The second kappa shape index (κ2) is 6.39. The Morgan fingerprint density at radius 2 is 1.78 bits per heavy atom. The molecule has 0 atom stereocenters. The molecule has 0 spiro atoms. The highest BCUT2D eigenvalue weighted by Gasteiger charge is 2.10. The molecular formula is C17H16N4O2. The highest BCUT2D eigenvalue weighted by Crippen LogP contribution is 2.16. The summed E-state index contributed by atoms with van der Waals surface area (Å²) in [4.78, 5) is 12.1. The zero-order chi connectivity index (χ0) is 16.2. The Bertz CT molecular complexity index is 807.